The Hall–Kier alpha value is -3.14. The number of ether oxygens (including phenoxy) is 1. The summed E-state index contributed by atoms with van der Waals surface area (Å²) in [6.07, 6.45) is 1.68. The molecule has 4 rings (SSSR count). The molecule has 0 saturated heterocycles. The van der Waals surface area contributed by atoms with Crippen LogP contribution in [0.2, 0.25) is 0 Å². The van der Waals surface area contributed by atoms with E-state index in [4.69, 9.17) is 4.74 Å². The predicted octanol–water partition coefficient (Wildman–Crippen LogP) is 4.07. The zero-order valence-electron chi connectivity index (χ0n) is 12.3. The van der Waals surface area contributed by atoms with Gasteiger partial charge in [-0.3, -0.25) is 0 Å². The van der Waals surface area contributed by atoms with Crippen LogP contribution >= 0.6 is 0 Å². The van der Waals surface area contributed by atoms with Gasteiger partial charge in [0.1, 0.15) is 12.3 Å². The van der Waals surface area contributed by atoms with E-state index >= 15 is 0 Å². The van der Waals surface area contributed by atoms with Crippen LogP contribution in [0, 0.1) is 0 Å². The van der Waals surface area contributed by atoms with Gasteiger partial charge in [-0.25, -0.2) is 9.78 Å². The lowest BCUT2D eigenvalue weighted by atomic mass is 10.1. The van der Waals surface area contributed by atoms with Crippen LogP contribution in [0.1, 0.15) is 16.1 Å². The number of esters is 1. The Morgan fingerprint density at radius 2 is 1.74 bits per heavy atom. The zero-order valence-corrected chi connectivity index (χ0v) is 12.3. The molecule has 0 bridgehead atoms. The first kappa shape index (κ1) is 13.5. The van der Waals surface area contributed by atoms with Crippen molar-refractivity contribution in [1.82, 2.24) is 9.97 Å². The largest absolute Gasteiger partial charge is 0.456 e. The van der Waals surface area contributed by atoms with E-state index in [-0.39, 0.29) is 6.61 Å². The van der Waals surface area contributed by atoms with Crippen molar-refractivity contribution in [2.24, 2.45) is 0 Å². The number of carbonyl (C=O) groups is 1. The molecular formula is C19H14N2O2. The number of hydrogen-bond acceptors (Lipinski definition) is 3. The second-order valence-electron chi connectivity index (χ2n) is 5.35. The molecule has 112 valence electrons. The fraction of sp³-hybridized carbons (Fsp3) is 0.0526. The summed E-state index contributed by atoms with van der Waals surface area (Å²) in [5, 5.41) is 2.05. The molecule has 2 aromatic carbocycles. The quantitative estimate of drug-likeness (QED) is 0.580. The number of benzene rings is 2. The maximum atomic E-state index is 12.2. The lowest BCUT2D eigenvalue weighted by Crippen LogP contribution is -2.07. The topological polar surface area (TPSA) is 55.0 Å². The molecule has 0 fully saturated rings. The van der Waals surface area contributed by atoms with Gasteiger partial charge < -0.3 is 9.72 Å². The van der Waals surface area contributed by atoms with E-state index in [0.29, 0.717) is 5.69 Å². The molecule has 0 spiro atoms. The van der Waals surface area contributed by atoms with Crippen molar-refractivity contribution in [3.8, 4) is 0 Å². The first-order chi connectivity index (χ1) is 11.3. The number of H-pyrrole nitrogens is 1. The summed E-state index contributed by atoms with van der Waals surface area (Å²) in [6.45, 7) is 0.243. The number of aromatic nitrogens is 2. The van der Waals surface area contributed by atoms with Crippen molar-refractivity contribution in [3.63, 3.8) is 0 Å². The number of pyridine rings is 1. The average molecular weight is 302 g/mol. The number of rotatable bonds is 3. The molecule has 0 aliphatic heterocycles. The molecular weight excluding hydrogens is 288 g/mol. The minimum absolute atomic E-state index is 0.243. The van der Waals surface area contributed by atoms with Crippen molar-refractivity contribution >= 4 is 27.8 Å². The van der Waals surface area contributed by atoms with E-state index in [2.05, 4.69) is 9.97 Å². The second-order valence-corrected chi connectivity index (χ2v) is 5.35. The molecule has 0 amide bonds. The lowest BCUT2D eigenvalue weighted by molar-refractivity contribution is 0.0466. The molecule has 0 unspecified atom stereocenters. The maximum Gasteiger partial charge on any atom is 0.357 e. The van der Waals surface area contributed by atoms with E-state index in [1.807, 2.05) is 54.6 Å². The van der Waals surface area contributed by atoms with Crippen LogP contribution in [0.5, 0.6) is 0 Å². The maximum absolute atomic E-state index is 12.2. The summed E-state index contributed by atoms with van der Waals surface area (Å²) in [6, 6.07) is 19.4. The summed E-state index contributed by atoms with van der Waals surface area (Å²) >= 11 is 0. The smallest absolute Gasteiger partial charge is 0.357 e. The van der Waals surface area contributed by atoms with Crippen molar-refractivity contribution < 1.29 is 9.53 Å². The van der Waals surface area contributed by atoms with Crippen LogP contribution in [0.25, 0.3) is 21.8 Å². The number of nitrogens with one attached hydrogen (secondary N) is 1. The molecule has 0 atom stereocenters. The third-order valence-corrected chi connectivity index (χ3v) is 3.81. The van der Waals surface area contributed by atoms with Crippen LogP contribution in [-0.2, 0) is 11.3 Å². The molecule has 4 heteroatoms. The first-order valence-corrected chi connectivity index (χ1v) is 7.39. The monoisotopic (exact) mass is 302 g/mol. The summed E-state index contributed by atoms with van der Waals surface area (Å²) in [4.78, 5) is 19.7. The van der Waals surface area contributed by atoms with Crippen molar-refractivity contribution in [2.45, 2.75) is 6.61 Å². The standard InChI is InChI=1S/C19H14N2O2/c22-19(23-12-13-6-2-1-3-7-13)17-10-15-14-8-4-5-9-16(14)21-18(15)11-20-17/h1-11,21H,12H2. The van der Waals surface area contributed by atoms with E-state index < -0.39 is 5.97 Å². The van der Waals surface area contributed by atoms with Gasteiger partial charge in [-0.2, -0.15) is 0 Å². The Morgan fingerprint density at radius 3 is 2.61 bits per heavy atom. The Morgan fingerprint density at radius 1 is 0.957 bits per heavy atom. The second kappa shape index (κ2) is 5.57. The molecule has 1 N–H and O–H groups in total. The Balaban J connectivity index is 1.63. The Bertz CT molecular complexity index is 990. The van der Waals surface area contributed by atoms with Gasteiger partial charge in [0.15, 0.2) is 0 Å². The lowest BCUT2D eigenvalue weighted by Gasteiger charge is -2.04. The van der Waals surface area contributed by atoms with Crippen LogP contribution in [-0.4, -0.2) is 15.9 Å². The molecule has 0 aliphatic carbocycles. The summed E-state index contributed by atoms with van der Waals surface area (Å²) < 4.78 is 5.34. The fourth-order valence-electron chi connectivity index (χ4n) is 2.66. The average Bonchev–Trinajstić information content (AvgIpc) is 2.98. The van der Waals surface area contributed by atoms with Gasteiger partial charge in [-0.05, 0) is 17.7 Å². The van der Waals surface area contributed by atoms with Crippen LogP contribution in [0.3, 0.4) is 0 Å². The fourth-order valence-corrected chi connectivity index (χ4v) is 2.66. The highest BCUT2D eigenvalue weighted by molar-refractivity contribution is 6.08. The number of aromatic amines is 1. The van der Waals surface area contributed by atoms with Gasteiger partial charge in [0.25, 0.3) is 0 Å². The summed E-state index contributed by atoms with van der Waals surface area (Å²) in [5.74, 6) is -0.416. The van der Waals surface area contributed by atoms with E-state index in [1.54, 1.807) is 12.3 Å². The number of carbonyl (C=O) groups excluding carboxylic acids is 1. The van der Waals surface area contributed by atoms with Crippen LogP contribution in [0.4, 0.5) is 0 Å². The molecule has 0 radical (unpaired) electrons. The minimum atomic E-state index is -0.416. The van der Waals surface area contributed by atoms with Gasteiger partial charge in [0.2, 0.25) is 0 Å². The Kier molecular flexibility index (Phi) is 3.27. The molecule has 0 aliphatic rings. The molecule has 23 heavy (non-hydrogen) atoms. The first-order valence-electron chi connectivity index (χ1n) is 7.39. The van der Waals surface area contributed by atoms with Gasteiger partial charge in [0.05, 0.1) is 11.7 Å². The Labute approximate surface area is 132 Å². The predicted molar refractivity (Wildman–Crippen MR) is 89.2 cm³/mol. The number of nitrogens with zero attached hydrogens (tertiary/aromatic N) is 1. The molecule has 2 heterocycles. The normalized spacial score (nSPS) is 11.0. The van der Waals surface area contributed by atoms with Crippen LogP contribution in [0.15, 0.2) is 66.9 Å². The SMILES string of the molecule is O=C(OCc1ccccc1)c1cc2c(cn1)[nH]c1ccccc12. The third kappa shape index (κ3) is 2.55. The minimum Gasteiger partial charge on any atom is -0.456 e. The number of fused-ring (bicyclic) bond motifs is 3. The van der Waals surface area contributed by atoms with Crippen molar-refractivity contribution in [1.29, 1.82) is 0 Å². The van der Waals surface area contributed by atoms with Crippen LogP contribution < -0.4 is 0 Å². The van der Waals surface area contributed by atoms with E-state index in [9.17, 15) is 4.79 Å². The summed E-state index contributed by atoms with van der Waals surface area (Å²) in [5.41, 5.74) is 3.21. The highest BCUT2D eigenvalue weighted by Crippen LogP contribution is 2.25. The molecule has 2 aromatic heterocycles. The highest BCUT2D eigenvalue weighted by Gasteiger charge is 2.12. The molecule has 0 saturated carbocycles. The van der Waals surface area contributed by atoms with Crippen molar-refractivity contribution in [3.05, 3.63) is 78.1 Å². The molecule has 4 nitrogen and oxygen atoms in total. The van der Waals surface area contributed by atoms with Gasteiger partial charge in [0, 0.05) is 16.3 Å². The zero-order chi connectivity index (χ0) is 15.6. The third-order valence-electron chi connectivity index (χ3n) is 3.81. The summed E-state index contributed by atoms with van der Waals surface area (Å²) in [7, 11) is 0. The number of hydrogen-bond donors (Lipinski definition) is 1. The van der Waals surface area contributed by atoms with Gasteiger partial charge in [-0.1, -0.05) is 48.5 Å². The van der Waals surface area contributed by atoms with Gasteiger partial charge >= 0.3 is 5.97 Å². The highest BCUT2D eigenvalue weighted by atomic mass is 16.5. The molecule has 4 aromatic rings. The van der Waals surface area contributed by atoms with Crippen molar-refractivity contribution in [2.75, 3.05) is 0 Å². The van der Waals surface area contributed by atoms with E-state index in [1.165, 1.54) is 0 Å². The number of para-hydroxylation sites is 1. The van der Waals surface area contributed by atoms with E-state index in [0.717, 1.165) is 27.4 Å². The van der Waals surface area contributed by atoms with Gasteiger partial charge in [-0.15, -0.1) is 0 Å².